The fraction of sp³-hybridized carbons (Fsp3) is 0.308. The van der Waals surface area contributed by atoms with Gasteiger partial charge >= 0.3 is 12.1 Å². The lowest BCUT2D eigenvalue weighted by atomic mass is 9.86. The number of anilines is 1. The molecule has 2 amide bonds. The highest BCUT2D eigenvalue weighted by Crippen LogP contribution is 2.44. The molecule has 1 aromatic heterocycles. The molecule has 1 aliphatic rings. The summed E-state index contributed by atoms with van der Waals surface area (Å²) in [5, 5.41) is 18.7. The number of hydrogen-bond acceptors (Lipinski definition) is 5. The second-order valence-electron chi connectivity index (χ2n) is 9.63. The minimum Gasteiger partial charge on any atom is -0.480 e. The molecule has 9 nitrogen and oxygen atoms in total. The van der Waals surface area contributed by atoms with Crippen LogP contribution in [0.4, 0.5) is 10.5 Å². The van der Waals surface area contributed by atoms with E-state index >= 15 is 0 Å². The van der Waals surface area contributed by atoms with Gasteiger partial charge in [-0.05, 0) is 27.7 Å². The standard InChI is InChI=1S/C26H28N4O5/c1-26(2,3)22(24(32)33)28-23(31)21-20(13-30(4)29-21)27-25(34)35-14-19-17-11-7-5-9-15(17)16-10-6-8-12-18(16)19/h5-13,19,22H,14H2,1-4H3,(H,27,34)(H,28,31)(H,32,33). The highest BCUT2D eigenvalue weighted by atomic mass is 16.5. The Labute approximate surface area is 203 Å². The smallest absolute Gasteiger partial charge is 0.411 e. The van der Waals surface area contributed by atoms with Gasteiger partial charge in [0.2, 0.25) is 0 Å². The van der Waals surface area contributed by atoms with E-state index in [4.69, 9.17) is 4.74 Å². The molecule has 3 N–H and O–H groups in total. The van der Waals surface area contributed by atoms with Crippen LogP contribution in [0.1, 0.15) is 48.3 Å². The number of fused-ring (bicyclic) bond motifs is 3. The van der Waals surface area contributed by atoms with Crippen LogP contribution < -0.4 is 10.6 Å². The molecule has 2 aromatic carbocycles. The number of ether oxygens (including phenoxy) is 1. The average molecular weight is 477 g/mol. The average Bonchev–Trinajstić information content (AvgIpc) is 3.32. The van der Waals surface area contributed by atoms with E-state index in [-0.39, 0.29) is 23.9 Å². The van der Waals surface area contributed by atoms with Crippen molar-refractivity contribution in [1.82, 2.24) is 15.1 Å². The second-order valence-corrected chi connectivity index (χ2v) is 9.63. The largest absolute Gasteiger partial charge is 0.480 e. The Morgan fingerprint density at radius 2 is 1.63 bits per heavy atom. The van der Waals surface area contributed by atoms with E-state index in [0.717, 1.165) is 22.3 Å². The zero-order valence-corrected chi connectivity index (χ0v) is 20.0. The number of carboxylic acid groups (broad SMARTS) is 1. The van der Waals surface area contributed by atoms with Gasteiger partial charge < -0.3 is 15.2 Å². The molecule has 9 heteroatoms. The predicted molar refractivity (Wildman–Crippen MR) is 130 cm³/mol. The van der Waals surface area contributed by atoms with E-state index < -0.39 is 29.4 Å². The fourth-order valence-corrected chi connectivity index (χ4v) is 4.34. The topological polar surface area (TPSA) is 123 Å². The van der Waals surface area contributed by atoms with Crippen LogP contribution in [0.3, 0.4) is 0 Å². The molecule has 3 aromatic rings. The van der Waals surface area contributed by atoms with Crippen molar-refractivity contribution in [1.29, 1.82) is 0 Å². The first-order valence-electron chi connectivity index (χ1n) is 11.3. The molecule has 0 saturated heterocycles. The van der Waals surface area contributed by atoms with Gasteiger partial charge in [-0.25, -0.2) is 9.59 Å². The molecule has 35 heavy (non-hydrogen) atoms. The number of aromatic nitrogens is 2. The Balaban J connectivity index is 1.46. The number of rotatable bonds is 6. The molecule has 4 rings (SSSR count). The minimum atomic E-state index is -1.16. The molecule has 0 bridgehead atoms. The van der Waals surface area contributed by atoms with Gasteiger partial charge in [0.25, 0.3) is 5.91 Å². The molecule has 182 valence electrons. The van der Waals surface area contributed by atoms with Crippen LogP contribution in [0.15, 0.2) is 54.7 Å². The lowest BCUT2D eigenvalue weighted by Crippen LogP contribution is -2.49. The number of hydrogen-bond donors (Lipinski definition) is 3. The number of aliphatic carboxylic acids is 1. The molecule has 1 atom stereocenters. The summed E-state index contributed by atoms with van der Waals surface area (Å²) < 4.78 is 6.91. The van der Waals surface area contributed by atoms with Crippen molar-refractivity contribution in [3.05, 3.63) is 71.5 Å². The zero-order chi connectivity index (χ0) is 25.3. The van der Waals surface area contributed by atoms with Crippen LogP contribution in [0, 0.1) is 5.41 Å². The molecule has 0 saturated carbocycles. The molecule has 1 heterocycles. The number of carbonyl (C=O) groups excluding carboxylic acids is 2. The number of aryl methyl sites for hydroxylation is 1. The Kier molecular flexibility index (Phi) is 6.34. The Morgan fingerprint density at radius 3 is 2.17 bits per heavy atom. The fourth-order valence-electron chi connectivity index (χ4n) is 4.34. The van der Waals surface area contributed by atoms with E-state index in [1.807, 2.05) is 36.4 Å². The number of amides is 2. The van der Waals surface area contributed by atoms with Gasteiger partial charge in [-0.1, -0.05) is 69.3 Å². The van der Waals surface area contributed by atoms with E-state index in [0.29, 0.717) is 0 Å². The van der Waals surface area contributed by atoms with Gasteiger partial charge in [-0.3, -0.25) is 14.8 Å². The summed E-state index contributed by atoms with van der Waals surface area (Å²) in [5.74, 6) is -1.97. The Morgan fingerprint density at radius 1 is 1.06 bits per heavy atom. The first-order valence-corrected chi connectivity index (χ1v) is 11.3. The lowest BCUT2D eigenvalue weighted by Gasteiger charge is -2.27. The SMILES string of the molecule is Cn1cc(NC(=O)OCC2c3ccccc3-c3ccccc32)c(C(=O)NC(C(=O)O)C(C)(C)C)n1. The van der Waals surface area contributed by atoms with Crippen LogP contribution in [0.5, 0.6) is 0 Å². The number of nitrogens with zero attached hydrogens (tertiary/aromatic N) is 2. The first kappa shape index (κ1) is 24.0. The van der Waals surface area contributed by atoms with E-state index in [1.165, 1.54) is 10.9 Å². The molecular weight excluding hydrogens is 448 g/mol. The molecule has 0 fully saturated rings. The van der Waals surface area contributed by atoms with Gasteiger partial charge in [0.05, 0.1) is 5.69 Å². The summed E-state index contributed by atoms with van der Waals surface area (Å²) in [4.78, 5) is 37.1. The third kappa shape index (κ3) is 4.89. The third-order valence-corrected chi connectivity index (χ3v) is 6.01. The quantitative estimate of drug-likeness (QED) is 0.494. The molecule has 0 aliphatic heterocycles. The van der Waals surface area contributed by atoms with Crippen LogP contribution in [0.2, 0.25) is 0 Å². The Bertz CT molecular complexity index is 1250. The number of carbonyl (C=O) groups is 3. The first-order chi connectivity index (χ1) is 16.6. The number of carboxylic acids is 1. The zero-order valence-electron chi connectivity index (χ0n) is 20.0. The van der Waals surface area contributed by atoms with Gasteiger partial charge in [-0.15, -0.1) is 0 Å². The molecule has 0 radical (unpaired) electrons. The van der Waals surface area contributed by atoms with Crippen molar-refractivity contribution in [3.8, 4) is 11.1 Å². The summed E-state index contributed by atoms with van der Waals surface area (Å²) >= 11 is 0. The van der Waals surface area contributed by atoms with Crippen molar-refractivity contribution in [2.45, 2.75) is 32.7 Å². The van der Waals surface area contributed by atoms with Gasteiger partial charge in [0.15, 0.2) is 5.69 Å². The lowest BCUT2D eigenvalue weighted by molar-refractivity contribution is -0.142. The number of benzene rings is 2. The van der Waals surface area contributed by atoms with Crippen LogP contribution in [-0.2, 0) is 16.6 Å². The van der Waals surface area contributed by atoms with Crippen molar-refractivity contribution in [3.63, 3.8) is 0 Å². The monoisotopic (exact) mass is 476 g/mol. The summed E-state index contributed by atoms with van der Waals surface area (Å²) in [6.07, 6.45) is 0.725. The van der Waals surface area contributed by atoms with E-state index in [9.17, 15) is 19.5 Å². The Hall–Kier alpha value is -4.14. The maximum atomic E-state index is 12.8. The van der Waals surface area contributed by atoms with Crippen LogP contribution >= 0.6 is 0 Å². The number of nitrogens with one attached hydrogen (secondary N) is 2. The summed E-state index contributed by atoms with van der Waals surface area (Å²) in [7, 11) is 1.60. The van der Waals surface area contributed by atoms with Gasteiger partial charge in [0.1, 0.15) is 12.6 Å². The summed E-state index contributed by atoms with van der Waals surface area (Å²) in [6, 6.07) is 14.9. The van der Waals surface area contributed by atoms with Crippen molar-refractivity contribution in [2.75, 3.05) is 11.9 Å². The molecule has 0 spiro atoms. The van der Waals surface area contributed by atoms with Crippen molar-refractivity contribution >= 4 is 23.7 Å². The van der Waals surface area contributed by atoms with Crippen LogP contribution in [-0.4, -0.2) is 45.5 Å². The van der Waals surface area contributed by atoms with Crippen LogP contribution in [0.25, 0.3) is 11.1 Å². The highest BCUT2D eigenvalue weighted by Gasteiger charge is 2.34. The minimum absolute atomic E-state index is 0.100. The third-order valence-electron chi connectivity index (χ3n) is 6.01. The predicted octanol–water partition coefficient (Wildman–Crippen LogP) is 4.01. The van der Waals surface area contributed by atoms with E-state index in [2.05, 4.69) is 27.9 Å². The molecule has 1 aliphatic carbocycles. The maximum Gasteiger partial charge on any atom is 0.411 e. The highest BCUT2D eigenvalue weighted by molar-refractivity contribution is 6.02. The maximum absolute atomic E-state index is 12.8. The molecule has 1 unspecified atom stereocenters. The summed E-state index contributed by atoms with van der Waals surface area (Å²) in [6.45, 7) is 5.24. The van der Waals surface area contributed by atoms with Crippen molar-refractivity contribution in [2.24, 2.45) is 12.5 Å². The van der Waals surface area contributed by atoms with Gasteiger partial charge in [0, 0.05) is 19.2 Å². The molecular formula is C26H28N4O5. The second kappa shape index (κ2) is 9.25. The normalized spacial score (nSPS) is 13.5. The van der Waals surface area contributed by atoms with Crippen molar-refractivity contribution < 1.29 is 24.2 Å². The van der Waals surface area contributed by atoms with Gasteiger partial charge in [-0.2, -0.15) is 5.10 Å². The van der Waals surface area contributed by atoms with E-state index in [1.54, 1.807) is 27.8 Å². The summed E-state index contributed by atoms with van der Waals surface area (Å²) in [5.41, 5.74) is 3.72.